The first-order valence-corrected chi connectivity index (χ1v) is 7.68. The molecule has 4 heteroatoms. The van der Waals surface area contributed by atoms with Gasteiger partial charge in [0.05, 0.1) is 5.54 Å². The molecule has 2 heterocycles. The standard InChI is InChI=1S/C15H29N3O/c1-12(11-13-7-5-6-8-16-13)18-10-9-17(4)14(19)15(18,2)3/h12-13,16H,5-11H2,1-4H3. The maximum atomic E-state index is 12.3. The summed E-state index contributed by atoms with van der Waals surface area (Å²) in [6.07, 6.45) is 5.09. The van der Waals surface area contributed by atoms with Crippen LogP contribution < -0.4 is 5.32 Å². The van der Waals surface area contributed by atoms with Crippen LogP contribution in [0.15, 0.2) is 0 Å². The Balaban J connectivity index is 1.97. The number of amides is 1. The maximum absolute atomic E-state index is 12.3. The molecule has 110 valence electrons. The number of nitrogens with zero attached hydrogens (tertiary/aromatic N) is 2. The minimum atomic E-state index is -0.360. The zero-order chi connectivity index (χ0) is 14.0. The lowest BCUT2D eigenvalue weighted by molar-refractivity contribution is -0.149. The summed E-state index contributed by atoms with van der Waals surface area (Å²) in [7, 11) is 1.91. The fraction of sp³-hybridized carbons (Fsp3) is 0.933. The highest BCUT2D eigenvalue weighted by Crippen LogP contribution is 2.26. The lowest BCUT2D eigenvalue weighted by Crippen LogP contribution is -2.64. The number of hydrogen-bond donors (Lipinski definition) is 1. The zero-order valence-electron chi connectivity index (χ0n) is 12.9. The molecule has 0 spiro atoms. The third kappa shape index (κ3) is 3.11. The van der Waals surface area contributed by atoms with Gasteiger partial charge in [0.1, 0.15) is 0 Å². The predicted molar refractivity (Wildman–Crippen MR) is 78.1 cm³/mol. The van der Waals surface area contributed by atoms with Gasteiger partial charge in [-0.15, -0.1) is 0 Å². The number of likely N-dealkylation sites (N-methyl/N-ethyl adjacent to an activating group) is 1. The Morgan fingerprint density at radius 1 is 1.37 bits per heavy atom. The van der Waals surface area contributed by atoms with Crippen LogP contribution in [-0.2, 0) is 4.79 Å². The number of piperazine rings is 1. The van der Waals surface area contributed by atoms with E-state index in [1.165, 1.54) is 19.3 Å². The fourth-order valence-corrected chi connectivity index (χ4v) is 3.66. The van der Waals surface area contributed by atoms with Crippen LogP contribution in [0.4, 0.5) is 0 Å². The van der Waals surface area contributed by atoms with Gasteiger partial charge in [0.15, 0.2) is 0 Å². The van der Waals surface area contributed by atoms with E-state index in [2.05, 4.69) is 31.0 Å². The molecule has 2 saturated heterocycles. The lowest BCUT2D eigenvalue weighted by Gasteiger charge is -2.48. The minimum Gasteiger partial charge on any atom is -0.343 e. The van der Waals surface area contributed by atoms with Gasteiger partial charge in [-0.05, 0) is 46.6 Å². The molecule has 0 aromatic carbocycles. The van der Waals surface area contributed by atoms with E-state index in [9.17, 15) is 4.79 Å². The molecule has 2 unspecified atom stereocenters. The van der Waals surface area contributed by atoms with E-state index in [1.807, 2.05) is 11.9 Å². The van der Waals surface area contributed by atoms with E-state index in [-0.39, 0.29) is 11.4 Å². The SMILES string of the molecule is CC(CC1CCCCN1)N1CCN(C)C(=O)C1(C)C. The second-order valence-electron chi connectivity index (χ2n) is 6.71. The van der Waals surface area contributed by atoms with Crippen molar-refractivity contribution in [2.75, 3.05) is 26.7 Å². The molecule has 2 aliphatic rings. The molecule has 0 radical (unpaired) electrons. The number of rotatable bonds is 3. The maximum Gasteiger partial charge on any atom is 0.242 e. The quantitative estimate of drug-likeness (QED) is 0.841. The first-order valence-electron chi connectivity index (χ1n) is 7.68. The predicted octanol–water partition coefficient (Wildman–Crippen LogP) is 1.46. The van der Waals surface area contributed by atoms with Crippen LogP contribution in [0.2, 0.25) is 0 Å². The molecule has 0 aromatic rings. The molecule has 2 atom stereocenters. The lowest BCUT2D eigenvalue weighted by atomic mass is 9.92. The van der Waals surface area contributed by atoms with Crippen LogP contribution in [0.5, 0.6) is 0 Å². The van der Waals surface area contributed by atoms with E-state index in [1.54, 1.807) is 0 Å². The Bertz CT molecular complexity index is 323. The van der Waals surface area contributed by atoms with Crippen molar-refractivity contribution in [3.8, 4) is 0 Å². The Morgan fingerprint density at radius 2 is 2.11 bits per heavy atom. The summed E-state index contributed by atoms with van der Waals surface area (Å²) in [5.74, 6) is 0.252. The molecule has 2 aliphatic heterocycles. The van der Waals surface area contributed by atoms with Gasteiger partial charge in [0, 0.05) is 32.2 Å². The van der Waals surface area contributed by atoms with Gasteiger partial charge in [-0.25, -0.2) is 0 Å². The van der Waals surface area contributed by atoms with Crippen molar-refractivity contribution < 1.29 is 4.79 Å². The van der Waals surface area contributed by atoms with Crippen molar-refractivity contribution in [1.82, 2.24) is 15.1 Å². The monoisotopic (exact) mass is 267 g/mol. The molecule has 0 aliphatic carbocycles. The Labute approximate surface area is 117 Å². The van der Waals surface area contributed by atoms with Crippen LogP contribution in [0, 0.1) is 0 Å². The second kappa shape index (κ2) is 5.80. The van der Waals surface area contributed by atoms with Crippen molar-refractivity contribution in [2.24, 2.45) is 0 Å². The third-order valence-corrected chi connectivity index (χ3v) is 4.83. The highest BCUT2D eigenvalue weighted by Gasteiger charge is 2.42. The number of hydrogen-bond acceptors (Lipinski definition) is 3. The van der Waals surface area contributed by atoms with Crippen molar-refractivity contribution in [3.63, 3.8) is 0 Å². The average molecular weight is 267 g/mol. The van der Waals surface area contributed by atoms with Gasteiger partial charge in [-0.3, -0.25) is 9.69 Å². The van der Waals surface area contributed by atoms with Crippen LogP contribution in [-0.4, -0.2) is 60.0 Å². The van der Waals surface area contributed by atoms with Crippen molar-refractivity contribution in [2.45, 2.75) is 64.1 Å². The van der Waals surface area contributed by atoms with Crippen LogP contribution >= 0.6 is 0 Å². The molecule has 1 N–H and O–H groups in total. The van der Waals surface area contributed by atoms with Crippen molar-refractivity contribution in [1.29, 1.82) is 0 Å². The largest absolute Gasteiger partial charge is 0.343 e. The highest BCUT2D eigenvalue weighted by atomic mass is 16.2. The van der Waals surface area contributed by atoms with Gasteiger partial charge in [0.25, 0.3) is 0 Å². The molecule has 4 nitrogen and oxygen atoms in total. The number of carbonyl (C=O) groups is 1. The Hall–Kier alpha value is -0.610. The first-order chi connectivity index (χ1) is 8.93. The summed E-state index contributed by atoms with van der Waals surface area (Å²) < 4.78 is 0. The van der Waals surface area contributed by atoms with Gasteiger partial charge < -0.3 is 10.2 Å². The molecule has 0 bridgehead atoms. The Kier molecular flexibility index (Phi) is 4.51. The molecular formula is C15H29N3O. The summed E-state index contributed by atoms with van der Waals surface area (Å²) >= 11 is 0. The summed E-state index contributed by atoms with van der Waals surface area (Å²) in [6.45, 7) is 9.40. The van der Waals surface area contributed by atoms with Crippen molar-refractivity contribution >= 4 is 5.91 Å². The van der Waals surface area contributed by atoms with Crippen LogP contribution in [0.25, 0.3) is 0 Å². The van der Waals surface area contributed by atoms with E-state index in [0.717, 1.165) is 26.1 Å². The topological polar surface area (TPSA) is 35.6 Å². The summed E-state index contributed by atoms with van der Waals surface area (Å²) in [5.41, 5.74) is -0.360. The number of nitrogens with one attached hydrogen (secondary N) is 1. The molecule has 19 heavy (non-hydrogen) atoms. The van der Waals surface area contributed by atoms with E-state index < -0.39 is 0 Å². The van der Waals surface area contributed by atoms with Gasteiger partial charge in [-0.1, -0.05) is 6.42 Å². The molecule has 0 aromatic heterocycles. The molecule has 2 fully saturated rings. The van der Waals surface area contributed by atoms with Gasteiger partial charge >= 0.3 is 0 Å². The highest BCUT2D eigenvalue weighted by molar-refractivity contribution is 5.86. The Morgan fingerprint density at radius 3 is 2.74 bits per heavy atom. The summed E-state index contributed by atoms with van der Waals surface area (Å²) in [5, 5.41) is 3.61. The van der Waals surface area contributed by atoms with Crippen LogP contribution in [0.3, 0.4) is 0 Å². The summed E-state index contributed by atoms with van der Waals surface area (Å²) in [4.78, 5) is 16.6. The fourth-order valence-electron chi connectivity index (χ4n) is 3.66. The smallest absolute Gasteiger partial charge is 0.242 e. The van der Waals surface area contributed by atoms with E-state index in [0.29, 0.717) is 12.1 Å². The third-order valence-electron chi connectivity index (χ3n) is 4.83. The van der Waals surface area contributed by atoms with Crippen LogP contribution in [0.1, 0.15) is 46.5 Å². The molecular weight excluding hydrogens is 238 g/mol. The summed E-state index contributed by atoms with van der Waals surface area (Å²) in [6, 6.07) is 1.09. The molecule has 1 amide bonds. The first kappa shape index (κ1) is 14.8. The zero-order valence-corrected chi connectivity index (χ0v) is 12.9. The van der Waals surface area contributed by atoms with Gasteiger partial charge in [0.2, 0.25) is 5.91 Å². The normalized spacial score (nSPS) is 30.4. The van der Waals surface area contributed by atoms with E-state index >= 15 is 0 Å². The minimum absolute atomic E-state index is 0.252. The van der Waals surface area contributed by atoms with Crippen molar-refractivity contribution in [3.05, 3.63) is 0 Å². The average Bonchev–Trinajstić information content (AvgIpc) is 2.37. The van der Waals surface area contributed by atoms with E-state index in [4.69, 9.17) is 0 Å². The molecule has 2 rings (SSSR count). The molecule has 0 saturated carbocycles. The number of piperidine rings is 1. The second-order valence-corrected chi connectivity index (χ2v) is 6.71. The number of carbonyl (C=O) groups excluding carboxylic acids is 1. The van der Waals surface area contributed by atoms with Gasteiger partial charge in [-0.2, -0.15) is 0 Å².